The Kier molecular flexibility index (Phi) is 5.01. The third-order valence-electron chi connectivity index (χ3n) is 5.31. The Labute approximate surface area is 172 Å². The maximum Gasteiger partial charge on any atom is 0.280 e. The molecule has 0 amide bonds. The van der Waals surface area contributed by atoms with Crippen molar-refractivity contribution < 1.29 is 13.5 Å². The molecule has 7 nitrogen and oxygen atoms in total. The zero-order valence-corrected chi connectivity index (χ0v) is 17.3. The highest BCUT2D eigenvalue weighted by Crippen LogP contribution is 2.30. The van der Waals surface area contributed by atoms with Crippen LogP contribution in [0.15, 0.2) is 29.2 Å². The maximum absolute atomic E-state index is 13.0. The Morgan fingerprint density at radius 3 is 2.63 bits per heavy atom. The highest BCUT2D eigenvalue weighted by atomic mass is 19.3. The fourth-order valence-electron chi connectivity index (χ4n) is 3.62. The third-order valence-corrected chi connectivity index (χ3v) is 5.31. The lowest BCUT2D eigenvalue weighted by atomic mass is 10.1. The molecule has 4 rings (SSSR count). The van der Waals surface area contributed by atoms with Crippen molar-refractivity contribution in [2.24, 2.45) is 7.05 Å². The number of hydrogen-bond donors (Lipinski definition) is 0. The van der Waals surface area contributed by atoms with Gasteiger partial charge in [-0.2, -0.15) is 0 Å². The van der Waals surface area contributed by atoms with Gasteiger partial charge in [0.2, 0.25) is 0 Å². The second kappa shape index (κ2) is 7.39. The molecule has 3 aromatic heterocycles. The largest absolute Gasteiger partial charge is 0.372 e. The maximum atomic E-state index is 13.0. The molecule has 0 saturated carbocycles. The standard InChI is InChI=1S/C21H23F2N5O2/c1-12-25-18-14(20(29)27(12)4)9-16(28-7-8-30-21(2,3)11-28)26-17(18)13-5-6-15(19(22)23)24-10-13/h5-6,9-10,19H,7-8,11H2,1-4H3. The Bertz CT molecular complexity index is 1160. The van der Waals surface area contributed by atoms with Crippen LogP contribution in [0.25, 0.3) is 22.2 Å². The van der Waals surface area contributed by atoms with Crippen LogP contribution in [0.4, 0.5) is 14.6 Å². The second-order valence-electron chi connectivity index (χ2n) is 8.05. The molecule has 0 atom stereocenters. The number of halogens is 2. The van der Waals surface area contributed by atoms with Crippen molar-refractivity contribution in [3.8, 4) is 11.3 Å². The molecule has 0 aromatic carbocycles. The van der Waals surface area contributed by atoms with Gasteiger partial charge in [-0.15, -0.1) is 0 Å². The molecule has 0 unspecified atom stereocenters. The number of nitrogens with zero attached hydrogens (tertiary/aromatic N) is 5. The molecule has 30 heavy (non-hydrogen) atoms. The topological polar surface area (TPSA) is 73.1 Å². The van der Waals surface area contributed by atoms with Gasteiger partial charge in [0.15, 0.2) is 0 Å². The van der Waals surface area contributed by atoms with Crippen molar-refractivity contribution >= 4 is 16.7 Å². The van der Waals surface area contributed by atoms with Crippen molar-refractivity contribution in [1.29, 1.82) is 0 Å². The van der Waals surface area contributed by atoms with Crippen LogP contribution in [-0.4, -0.2) is 44.8 Å². The number of morpholine rings is 1. The van der Waals surface area contributed by atoms with Crippen molar-refractivity contribution in [2.45, 2.75) is 32.8 Å². The Balaban J connectivity index is 1.94. The summed E-state index contributed by atoms with van der Waals surface area (Å²) in [5, 5.41) is 0.422. The molecule has 1 saturated heterocycles. The highest BCUT2D eigenvalue weighted by Gasteiger charge is 2.29. The van der Waals surface area contributed by atoms with Gasteiger partial charge in [-0.1, -0.05) is 0 Å². The van der Waals surface area contributed by atoms with Gasteiger partial charge < -0.3 is 9.64 Å². The SMILES string of the molecule is Cc1nc2c(-c3ccc(C(F)F)nc3)nc(N3CCOC(C)(C)C3)cc2c(=O)n1C. The van der Waals surface area contributed by atoms with E-state index < -0.39 is 6.43 Å². The van der Waals surface area contributed by atoms with Crippen LogP contribution in [0, 0.1) is 6.92 Å². The molecule has 0 aliphatic carbocycles. The molecule has 1 aliphatic rings. The van der Waals surface area contributed by atoms with Crippen molar-refractivity contribution in [3.05, 3.63) is 46.3 Å². The van der Waals surface area contributed by atoms with E-state index >= 15 is 0 Å². The number of anilines is 1. The Morgan fingerprint density at radius 1 is 1.23 bits per heavy atom. The van der Waals surface area contributed by atoms with Gasteiger partial charge in [-0.3, -0.25) is 14.3 Å². The van der Waals surface area contributed by atoms with E-state index in [4.69, 9.17) is 9.72 Å². The molecule has 1 aliphatic heterocycles. The van der Waals surface area contributed by atoms with Crippen LogP contribution in [0.3, 0.4) is 0 Å². The summed E-state index contributed by atoms with van der Waals surface area (Å²) in [7, 11) is 1.67. The number of fused-ring (bicyclic) bond motifs is 1. The van der Waals surface area contributed by atoms with Gasteiger partial charge in [0, 0.05) is 31.9 Å². The fourth-order valence-corrected chi connectivity index (χ4v) is 3.62. The minimum absolute atomic E-state index is 0.188. The molecule has 0 N–H and O–H groups in total. The van der Waals surface area contributed by atoms with Crippen molar-refractivity contribution in [2.75, 3.05) is 24.6 Å². The first-order valence-corrected chi connectivity index (χ1v) is 9.68. The summed E-state index contributed by atoms with van der Waals surface area (Å²) in [5.41, 5.74) is 0.547. The first-order chi connectivity index (χ1) is 14.2. The van der Waals surface area contributed by atoms with E-state index in [9.17, 15) is 13.6 Å². The van der Waals surface area contributed by atoms with E-state index in [2.05, 4.69) is 14.9 Å². The van der Waals surface area contributed by atoms with Gasteiger partial charge in [0.1, 0.15) is 28.5 Å². The Hall–Kier alpha value is -2.94. The third kappa shape index (κ3) is 3.65. The average molecular weight is 415 g/mol. The van der Waals surface area contributed by atoms with E-state index in [1.807, 2.05) is 13.8 Å². The predicted octanol–water partition coefficient (Wildman–Crippen LogP) is 3.25. The normalized spacial score (nSPS) is 16.4. The van der Waals surface area contributed by atoms with E-state index in [1.165, 1.54) is 22.9 Å². The van der Waals surface area contributed by atoms with Gasteiger partial charge in [-0.05, 0) is 39.0 Å². The zero-order chi connectivity index (χ0) is 21.6. The molecule has 0 bridgehead atoms. The molecule has 4 heterocycles. The summed E-state index contributed by atoms with van der Waals surface area (Å²) in [5.74, 6) is 1.16. The van der Waals surface area contributed by atoms with Crippen LogP contribution >= 0.6 is 0 Å². The number of rotatable bonds is 3. The monoisotopic (exact) mass is 415 g/mol. The molecule has 3 aromatic rings. The molecule has 1 fully saturated rings. The number of hydrogen-bond acceptors (Lipinski definition) is 6. The lowest BCUT2D eigenvalue weighted by Crippen LogP contribution is -2.48. The van der Waals surface area contributed by atoms with E-state index in [1.54, 1.807) is 20.0 Å². The summed E-state index contributed by atoms with van der Waals surface area (Å²) in [6.45, 7) is 7.50. The van der Waals surface area contributed by atoms with Gasteiger partial charge in [0.05, 0.1) is 17.6 Å². The number of aryl methyl sites for hydroxylation is 1. The number of aromatic nitrogens is 4. The van der Waals surface area contributed by atoms with Crippen LogP contribution < -0.4 is 10.5 Å². The molecule has 0 radical (unpaired) electrons. The van der Waals surface area contributed by atoms with E-state index in [0.29, 0.717) is 53.5 Å². The smallest absolute Gasteiger partial charge is 0.280 e. The van der Waals surface area contributed by atoms with Crippen LogP contribution in [0.5, 0.6) is 0 Å². The van der Waals surface area contributed by atoms with Gasteiger partial charge in [-0.25, -0.2) is 18.7 Å². The number of pyridine rings is 2. The zero-order valence-electron chi connectivity index (χ0n) is 17.3. The lowest BCUT2D eigenvalue weighted by Gasteiger charge is -2.39. The average Bonchev–Trinajstić information content (AvgIpc) is 2.71. The minimum atomic E-state index is -2.65. The summed E-state index contributed by atoms with van der Waals surface area (Å²) < 4.78 is 33.1. The first-order valence-electron chi connectivity index (χ1n) is 9.68. The van der Waals surface area contributed by atoms with Crippen molar-refractivity contribution in [3.63, 3.8) is 0 Å². The molecule has 158 valence electrons. The fraction of sp³-hybridized carbons (Fsp3) is 0.429. The second-order valence-corrected chi connectivity index (χ2v) is 8.05. The highest BCUT2D eigenvalue weighted by molar-refractivity contribution is 5.92. The van der Waals surface area contributed by atoms with Gasteiger partial charge in [0.25, 0.3) is 12.0 Å². The lowest BCUT2D eigenvalue weighted by molar-refractivity contribution is -0.0279. The first kappa shape index (κ1) is 20.3. The predicted molar refractivity (Wildman–Crippen MR) is 110 cm³/mol. The van der Waals surface area contributed by atoms with E-state index in [0.717, 1.165) is 0 Å². The summed E-state index contributed by atoms with van der Waals surface area (Å²) in [4.78, 5) is 28.2. The minimum Gasteiger partial charge on any atom is -0.372 e. The quantitative estimate of drug-likeness (QED) is 0.654. The summed E-state index contributed by atoms with van der Waals surface area (Å²) in [6, 6.07) is 4.56. The summed E-state index contributed by atoms with van der Waals surface area (Å²) >= 11 is 0. The van der Waals surface area contributed by atoms with Crippen LogP contribution in [-0.2, 0) is 11.8 Å². The van der Waals surface area contributed by atoms with Gasteiger partial charge >= 0.3 is 0 Å². The Morgan fingerprint density at radius 2 is 2.00 bits per heavy atom. The molecule has 0 spiro atoms. The van der Waals surface area contributed by atoms with E-state index in [-0.39, 0.29) is 16.9 Å². The summed E-state index contributed by atoms with van der Waals surface area (Å²) in [6.07, 6.45) is -1.30. The molecular weight excluding hydrogens is 392 g/mol. The van der Waals surface area contributed by atoms with Crippen LogP contribution in [0.2, 0.25) is 0 Å². The molecular formula is C21H23F2N5O2. The number of alkyl halides is 2. The molecule has 9 heteroatoms. The van der Waals surface area contributed by atoms with Crippen LogP contribution in [0.1, 0.15) is 31.8 Å². The number of ether oxygens (including phenoxy) is 1. The van der Waals surface area contributed by atoms with Crippen molar-refractivity contribution in [1.82, 2.24) is 19.5 Å².